The molecule has 0 bridgehead atoms. The average molecular weight is 313 g/mol. The molecular weight excluding hydrogens is 290 g/mol. The average Bonchev–Trinajstić information content (AvgIpc) is 2.37. The molecule has 0 heterocycles. The van der Waals surface area contributed by atoms with Crippen LogP contribution >= 0.6 is 0 Å². The molecule has 1 rings (SSSR count). The van der Waals surface area contributed by atoms with E-state index in [1.807, 2.05) is 26.0 Å². The molecule has 0 saturated heterocycles. The number of amides is 1. The molecule has 1 aromatic carbocycles. The summed E-state index contributed by atoms with van der Waals surface area (Å²) in [6, 6.07) is 7.20. The number of anilines is 1. The first-order chi connectivity index (χ1) is 9.63. The van der Waals surface area contributed by atoms with Crippen molar-refractivity contribution in [2.45, 2.75) is 25.7 Å². The number of carbonyl (C=O) groups excluding carboxylic acids is 1. The first kappa shape index (κ1) is 17.5. The molecule has 0 aliphatic carbocycles. The summed E-state index contributed by atoms with van der Waals surface area (Å²) in [6.45, 7) is 4.40. The van der Waals surface area contributed by atoms with Gasteiger partial charge in [0.05, 0.1) is 11.7 Å². The van der Waals surface area contributed by atoms with Crippen molar-refractivity contribution in [3.8, 4) is 0 Å². The fourth-order valence-corrected chi connectivity index (χ4v) is 2.31. The molecule has 0 aliphatic heterocycles. The van der Waals surface area contributed by atoms with Gasteiger partial charge in [-0.1, -0.05) is 12.1 Å². The third-order valence-corrected chi connectivity index (χ3v) is 3.93. The lowest BCUT2D eigenvalue weighted by Gasteiger charge is -2.24. The Labute approximate surface area is 126 Å². The molecule has 7 heteroatoms. The zero-order valence-corrected chi connectivity index (χ0v) is 13.5. The summed E-state index contributed by atoms with van der Waals surface area (Å²) in [5, 5.41) is 2.82. The number of nitrogen functional groups attached to an aromatic ring is 1. The van der Waals surface area contributed by atoms with Gasteiger partial charge < -0.3 is 11.1 Å². The summed E-state index contributed by atoms with van der Waals surface area (Å²) in [4.78, 5) is 12.2. The molecule has 0 radical (unpaired) electrons. The van der Waals surface area contributed by atoms with Crippen LogP contribution < -0.4 is 15.8 Å². The molecular formula is C14H23N3O3S. The van der Waals surface area contributed by atoms with Gasteiger partial charge >= 0.3 is 0 Å². The summed E-state index contributed by atoms with van der Waals surface area (Å²) in [7, 11) is -3.17. The molecule has 4 N–H and O–H groups in total. The van der Waals surface area contributed by atoms with Crippen molar-refractivity contribution in [3.63, 3.8) is 0 Å². The van der Waals surface area contributed by atoms with Crippen molar-refractivity contribution in [2.75, 3.05) is 25.1 Å². The van der Waals surface area contributed by atoms with E-state index >= 15 is 0 Å². The highest BCUT2D eigenvalue weighted by Gasteiger charge is 2.29. The highest BCUT2D eigenvalue weighted by molar-refractivity contribution is 7.88. The van der Waals surface area contributed by atoms with Crippen molar-refractivity contribution < 1.29 is 13.2 Å². The predicted octanol–water partition coefficient (Wildman–Crippen LogP) is 0.602. The van der Waals surface area contributed by atoms with Crippen LogP contribution in [0.4, 0.5) is 5.69 Å². The normalized spacial score (nSPS) is 12.1. The maximum absolute atomic E-state index is 12.2. The second-order valence-electron chi connectivity index (χ2n) is 5.52. The molecule has 0 saturated carbocycles. The number of nitrogens with two attached hydrogens (primary N) is 1. The molecule has 0 aromatic heterocycles. The minimum absolute atomic E-state index is 0.105. The van der Waals surface area contributed by atoms with Crippen molar-refractivity contribution in [1.29, 1.82) is 0 Å². The summed E-state index contributed by atoms with van der Waals surface area (Å²) in [5.74, 6) is -0.105. The van der Waals surface area contributed by atoms with Crippen molar-refractivity contribution in [2.24, 2.45) is 0 Å². The largest absolute Gasteiger partial charge is 0.399 e. The Morgan fingerprint density at radius 2 is 1.76 bits per heavy atom. The van der Waals surface area contributed by atoms with Gasteiger partial charge in [0.2, 0.25) is 15.9 Å². The maximum Gasteiger partial charge on any atom is 0.230 e. The van der Waals surface area contributed by atoms with Gasteiger partial charge in [-0.05, 0) is 38.0 Å². The second-order valence-corrected chi connectivity index (χ2v) is 7.36. The number of carbonyl (C=O) groups is 1. The Bertz CT molecular complexity index is 580. The zero-order valence-electron chi connectivity index (χ0n) is 12.6. The van der Waals surface area contributed by atoms with E-state index in [2.05, 4.69) is 10.0 Å². The molecule has 0 fully saturated rings. The van der Waals surface area contributed by atoms with Gasteiger partial charge in [0.1, 0.15) is 0 Å². The van der Waals surface area contributed by atoms with E-state index in [-0.39, 0.29) is 5.91 Å². The monoisotopic (exact) mass is 313 g/mol. The van der Waals surface area contributed by atoms with Crippen LogP contribution in [0.1, 0.15) is 25.8 Å². The van der Waals surface area contributed by atoms with Crippen LogP contribution in [0.2, 0.25) is 0 Å². The summed E-state index contributed by atoms with van der Waals surface area (Å²) < 4.78 is 24.2. The number of hydrogen-bond donors (Lipinski definition) is 3. The smallest absolute Gasteiger partial charge is 0.230 e. The van der Waals surface area contributed by atoms with Crippen LogP contribution in [0.5, 0.6) is 0 Å². The Kier molecular flexibility index (Phi) is 5.74. The third-order valence-electron chi connectivity index (χ3n) is 3.20. The summed E-state index contributed by atoms with van der Waals surface area (Å²) in [5.41, 5.74) is 6.50. The number of rotatable bonds is 7. The van der Waals surface area contributed by atoms with Crippen LogP contribution in [0, 0.1) is 0 Å². The van der Waals surface area contributed by atoms with Crippen molar-refractivity contribution in [1.82, 2.24) is 10.0 Å². The summed E-state index contributed by atoms with van der Waals surface area (Å²) >= 11 is 0. The van der Waals surface area contributed by atoms with Crippen LogP contribution in [-0.2, 0) is 20.2 Å². The van der Waals surface area contributed by atoms with Gasteiger partial charge in [-0.15, -0.1) is 0 Å². The highest BCUT2D eigenvalue weighted by atomic mass is 32.2. The van der Waals surface area contributed by atoms with Gasteiger partial charge in [0, 0.05) is 18.8 Å². The molecule has 1 aromatic rings. The van der Waals surface area contributed by atoms with Gasteiger partial charge in [-0.25, -0.2) is 13.1 Å². The van der Waals surface area contributed by atoms with Gasteiger partial charge in [-0.2, -0.15) is 0 Å². The SMILES string of the molecule is CC(C)(C(=O)NCCCNS(C)(=O)=O)c1ccc(N)cc1. The van der Waals surface area contributed by atoms with E-state index in [0.29, 0.717) is 25.2 Å². The third kappa shape index (κ3) is 5.73. The Morgan fingerprint density at radius 1 is 1.19 bits per heavy atom. The van der Waals surface area contributed by atoms with Crippen LogP contribution in [0.3, 0.4) is 0 Å². The van der Waals surface area contributed by atoms with E-state index in [9.17, 15) is 13.2 Å². The maximum atomic E-state index is 12.2. The lowest BCUT2D eigenvalue weighted by Crippen LogP contribution is -2.41. The Morgan fingerprint density at radius 3 is 2.29 bits per heavy atom. The first-order valence-electron chi connectivity index (χ1n) is 6.72. The number of hydrogen-bond acceptors (Lipinski definition) is 4. The van der Waals surface area contributed by atoms with E-state index in [1.165, 1.54) is 0 Å². The van der Waals surface area contributed by atoms with E-state index < -0.39 is 15.4 Å². The van der Waals surface area contributed by atoms with Crippen LogP contribution in [0.25, 0.3) is 0 Å². The van der Waals surface area contributed by atoms with Crippen LogP contribution in [0.15, 0.2) is 24.3 Å². The number of nitrogens with one attached hydrogen (secondary N) is 2. The number of sulfonamides is 1. The number of benzene rings is 1. The standard InChI is InChI=1S/C14H23N3O3S/c1-14(2,11-5-7-12(15)8-6-11)13(18)16-9-4-10-17-21(3,19)20/h5-8,17H,4,9-10,15H2,1-3H3,(H,16,18). The van der Waals surface area contributed by atoms with E-state index in [4.69, 9.17) is 5.73 Å². The van der Waals surface area contributed by atoms with E-state index in [1.54, 1.807) is 12.1 Å². The molecule has 0 unspecified atom stereocenters. The molecule has 118 valence electrons. The first-order valence-corrected chi connectivity index (χ1v) is 8.61. The predicted molar refractivity (Wildman–Crippen MR) is 84.4 cm³/mol. The lowest BCUT2D eigenvalue weighted by molar-refractivity contribution is -0.125. The minimum Gasteiger partial charge on any atom is -0.399 e. The van der Waals surface area contributed by atoms with Crippen molar-refractivity contribution >= 4 is 21.6 Å². The van der Waals surface area contributed by atoms with Gasteiger partial charge in [0.25, 0.3) is 0 Å². The lowest BCUT2D eigenvalue weighted by atomic mass is 9.83. The topological polar surface area (TPSA) is 101 Å². The van der Waals surface area contributed by atoms with E-state index in [0.717, 1.165) is 11.8 Å². The minimum atomic E-state index is -3.17. The fourth-order valence-electron chi connectivity index (χ4n) is 1.80. The highest BCUT2D eigenvalue weighted by Crippen LogP contribution is 2.24. The Balaban J connectivity index is 2.48. The molecule has 6 nitrogen and oxygen atoms in total. The molecule has 21 heavy (non-hydrogen) atoms. The van der Waals surface area contributed by atoms with Gasteiger partial charge in [-0.3, -0.25) is 4.79 Å². The van der Waals surface area contributed by atoms with Gasteiger partial charge in [0.15, 0.2) is 0 Å². The Hall–Kier alpha value is -1.60. The molecule has 0 atom stereocenters. The fraction of sp³-hybridized carbons (Fsp3) is 0.500. The van der Waals surface area contributed by atoms with Crippen LogP contribution in [-0.4, -0.2) is 33.7 Å². The quantitative estimate of drug-likeness (QED) is 0.507. The molecule has 0 aliphatic rings. The zero-order chi connectivity index (χ0) is 16.1. The van der Waals surface area contributed by atoms with Crippen molar-refractivity contribution in [3.05, 3.63) is 29.8 Å². The second kappa shape index (κ2) is 6.91. The molecule has 1 amide bonds. The summed E-state index contributed by atoms with van der Waals surface area (Å²) in [6.07, 6.45) is 1.65. The molecule has 0 spiro atoms.